The Hall–Kier alpha value is -2.55. The zero-order valence-corrected chi connectivity index (χ0v) is 16.7. The van der Waals surface area contributed by atoms with Crippen LogP contribution in [0.5, 0.6) is 0 Å². The topological polar surface area (TPSA) is 67.9 Å². The molecule has 0 saturated carbocycles. The van der Waals surface area contributed by atoms with Gasteiger partial charge in [-0.05, 0) is 25.1 Å². The van der Waals surface area contributed by atoms with Crippen molar-refractivity contribution in [1.29, 1.82) is 0 Å². The van der Waals surface area contributed by atoms with E-state index >= 15 is 0 Å². The number of hydrogen-bond donors (Lipinski definition) is 0. The van der Waals surface area contributed by atoms with Crippen LogP contribution in [0, 0.1) is 0 Å². The molecule has 0 saturated heterocycles. The molecule has 0 radical (unpaired) electrons. The Kier molecular flexibility index (Phi) is 4.46. The van der Waals surface area contributed by atoms with E-state index < -0.39 is 0 Å². The first-order valence-corrected chi connectivity index (χ1v) is 10.1. The van der Waals surface area contributed by atoms with Crippen LogP contribution in [-0.4, -0.2) is 44.3 Å². The molecule has 7 nitrogen and oxygen atoms in total. The average Bonchev–Trinajstić information content (AvgIpc) is 3.26. The summed E-state index contributed by atoms with van der Waals surface area (Å²) in [5.74, 6) is 0.568. The second-order valence-electron chi connectivity index (χ2n) is 6.74. The first-order chi connectivity index (χ1) is 13.7. The van der Waals surface area contributed by atoms with Gasteiger partial charge >= 0.3 is 0 Å². The molecule has 1 aliphatic heterocycles. The van der Waals surface area contributed by atoms with E-state index in [4.69, 9.17) is 16.4 Å². The molecule has 0 N–H and O–H groups in total. The van der Waals surface area contributed by atoms with Gasteiger partial charge in [0.05, 0.1) is 11.6 Å². The minimum atomic E-state index is 0.180. The van der Waals surface area contributed by atoms with Crippen LogP contribution in [0.25, 0.3) is 15.9 Å². The van der Waals surface area contributed by atoms with Crippen LogP contribution in [0.2, 0.25) is 5.02 Å². The highest BCUT2D eigenvalue weighted by Crippen LogP contribution is 2.35. The molecule has 1 aliphatic rings. The quantitative estimate of drug-likeness (QED) is 0.379. The molecule has 0 aliphatic carbocycles. The first-order valence-electron chi connectivity index (χ1n) is 8.92. The molecule has 4 heterocycles. The first kappa shape index (κ1) is 17.5. The highest BCUT2D eigenvalue weighted by Gasteiger charge is 2.22. The molecule has 142 valence electrons. The molecule has 1 aromatic carbocycles. The molecule has 4 aromatic rings. The lowest BCUT2D eigenvalue weighted by Crippen LogP contribution is -2.25. The van der Waals surface area contributed by atoms with Crippen molar-refractivity contribution in [3.8, 4) is 0 Å². The van der Waals surface area contributed by atoms with Gasteiger partial charge in [-0.2, -0.15) is 0 Å². The fourth-order valence-corrected chi connectivity index (χ4v) is 4.84. The highest BCUT2D eigenvalue weighted by molar-refractivity contribution is 7.19. The fraction of sp³-hybridized carbons (Fsp3) is 0.263. The average molecular weight is 413 g/mol. The molecule has 0 unspecified atom stereocenters. The Morgan fingerprint density at radius 1 is 1.36 bits per heavy atom. The number of rotatable bonds is 4. The van der Waals surface area contributed by atoms with Crippen molar-refractivity contribution in [2.24, 2.45) is 5.16 Å². The number of hydrogen-bond acceptors (Lipinski definition) is 7. The van der Waals surface area contributed by atoms with E-state index in [0.29, 0.717) is 10.8 Å². The molecule has 0 amide bonds. The maximum atomic E-state index is 6.10. The molecular weight excluding hydrogens is 396 g/mol. The van der Waals surface area contributed by atoms with Gasteiger partial charge in [-0.15, -0.1) is 16.4 Å². The summed E-state index contributed by atoms with van der Waals surface area (Å²) in [5, 5.41) is 10.2. The van der Waals surface area contributed by atoms with Gasteiger partial charge in [-0.25, -0.2) is 14.5 Å². The number of likely N-dealkylation sites (N-methyl/N-ethyl adjacent to an activating group) is 1. The monoisotopic (exact) mass is 412 g/mol. The summed E-state index contributed by atoms with van der Waals surface area (Å²) >= 11 is 7.85. The number of fused-ring (bicyclic) bond motifs is 5. The van der Waals surface area contributed by atoms with Crippen LogP contribution in [0.15, 0.2) is 35.7 Å². The number of halogens is 1. The Balaban J connectivity index is 1.41. The van der Waals surface area contributed by atoms with E-state index in [1.165, 1.54) is 10.4 Å². The summed E-state index contributed by atoms with van der Waals surface area (Å²) in [6.07, 6.45) is 4.31. The van der Waals surface area contributed by atoms with Gasteiger partial charge in [-0.3, -0.25) is 0 Å². The van der Waals surface area contributed by atoms with Crippen molar-refractivity contribution in [2.75, 3.05) is 13.6 Å². The maximum Gasteiger partial charge on any atom is 0.192 e. The Labute approximate surface area is 170 Å². The summed E-state index contributed by atoms with van der Waals surface area (Å²) in [4.78, 5) is 19.3. The van der Waals surface area contributed by atoms with Crippen molar-refractivity contribution in [1.82, 2.24) is 24.5 Å². The molecule has 0 atom stereocenters. The Morgan fingerprint density at radius 2 is 2.25 bits per heavy atom. The summed E-state index contributed by atoms with van der Waals surface area (Å²) in [7, 11) is 2.14. The van der Waals surface area contributed by atoms with Crippen LogP contribution in [0.4, 0.5) is 0 Å². The minimum Gasteiger partial charge on any atom is -0.387 e. The number of thiophene rings is 1. The van der Waals surface area contributed by atoms with Crippen molar-refractivity contribution >= 4 is 45.0 Å². The van der Waals surface area contributed by atoms with Gasteiger partial charge in [0.15, 0.2) is 18.1 Å². The van der Waals surface area contributed by atoms with Gasteiger partial charge in [0.1, 0.15) is 11.2 Å². The van der Waals surface area contributed by atoms with E-state index in [-0.39, 0.29) is 6.61 Å². The highest BCUT2D eigenvalue weighted by atomic mass is 35.5. The fourth-order valence-electron chi connectivity index (χ4n) is 3.39. The van der Waals surface area contributed by atoms with Gasteiger partial charge in [0, 0.05) is 28.6 Å². The second kappa shape index (κ2) is 7.12. The predicted octanol–water partition coefficient (Wildman–Crippen LogP) is 3.53. The van der Waals surface area contributed by atoms with E-state index in [2.05, 4.69) is 32.2 Å². The predicted molar refractivity (Wildman–Crippen MR) is 110 cm³/mol. The smallest absolute Gasteiger partial charge is 0.192 e. The zero-order valence-electron chi connectivity index (χ0n) is 15.2. The molecule has 3 aromatic heterocycles. The number of aromatic nitrogens is 4. The minimum absolute atomic E-state index is 0.180. The van der Waals surface area contributed by atoms with Crippen molar-refractivity contribution in [3.05, 3.63) is 57.4 Å². The lowest BCUT2D eigenvalue weighted by Gasteiger charge is -2.21. The molecule has 5 rings (SSSR count). The van der Waals surface area contributed by atoms with Gasteiger partial charge < -0.3 is 9.74 Å². The normalized spacial score (nSPS) is 14.9. The standard InChI is InChI=1S/C19H17ClN6OS/c1-25-7-6-13-15(9-25)28-19-17(13)18-23-16(24-26(18)11-21-19)10-27-22-8-12-4-2-3-5-14(12)20/h2-5,8,11H,6-7,9-10H2,1H3/b22-8+. The van der Waals surface area contributed by atoms with E-state index in [1.54, 1.807) is 28.4 Å². The van der Waals surface area contributed by atoms with Gasteiger partial charge in [-0.1, -0.05) is 35.0 Å². The van der Waals surface area contributed by atoms with Crippen molar-refractivity contribution in [3.63, 3.8) is 0 Å². The third-order valence-corrected chi connectivity index (χ3v) is 6.25. The summed E-state index contributed by atoms with van der Waals surface area (Å²) in [6, 6.07) is 7.45. The van der Waals surface area contributed by atoms with Crippen LogP contribution in [0.1, 0.15) is 21.8 Å². The molecular formula is C19H17ClN6OS. The largest absolute Gasteiger partial charge is 0.387 e. The van der Waals surface area contributed by atoms with Crippen LogP contribution in [0.3, 0.4) is 0 Å². The van der Waals surface area contributed by atoms with E-state index in [0.717, 1.165) is 40.9 Å². The summed E-state index contributed by atoms with van der Waals surface area (Å²) in [6.45, 7) is 2.18. The van der Waals surface area contributed by atoms with Crippen LogP contribution < -0.4 is 0 Å². The summed E-state index contributed by atoms with van der Waals surface area (Å²) < 4.78 is 1.73. The third kappa shape index (κ3) is 3.13. The lowest BCUT2D eigenvalue weighted by molar-refractivity contribution is 0.126. The lowest BCUT2D eigenvalue weighted by atomic mass is 10.1. The maximum absolute atomic E-state index is 6.10. The molecule has 9 heteroatoms. The Morgan fingerprint density at radius 3 is 3.14 bits per heavy atom. The molecule has 28 heavy (non-hydrogen) atoms. The Bertz CT molecular complexity index is 1200. The molecule has 0 bridgehead atoms. The van der Waals surface area contributed by atoms with Crippen molar-refractivity contribution in [2.45, 2.75) is 19.6 Å². The van der Waals surface area contributed by atoms with Gasteiger partial charge in [0.25, 0.3) is 0 Å². The van der Waals surface area contributed by atoms with E-state index in [9.17, 15) is 0 Å². The zero-order chi connectivity index (χ0) is 19.1. The van der Waals surface area contributed by atoms with Crippen LogP contribution >= 0.6 is 22.9 Å². The number of oxime groups is 1. The number of nitrogens with zero attached hydrogens (tertiary/aromatic N) is 6. The third-order valence-electron chi connectivity index (χ3n) is 4.78. The number of benzene rings is 1. The SMILES string of the molecule is CN1CCc2c(sc3ncn4nc(CO/N=C/c5ccccc5Cl)nc4c23)C1. The van der Waals surface area contributed by atoms with Gasteiger partial charge in [0.2, 0.25) is 0 Å². The molecule has 0 spiro atoms. The second-order valence-corrected chi connectivity index (χ2v) is 8.23. The summed E-state index contributed by atoms with van der Waals surface area (Å²) in [5.41, 5.74) is 2.99. The molecule has 0 fully saturated rings. The van der Waals surface area contributed by atoms with Crippen molar-refractivity contribution < 1.29 is 4.84 Å². The van der Waals surface area contributed by atoms with Crippen LogP contribution in [-0.2, 0) is 24.4 Å². The van der Waals surface area contributed by atoms with E-state index in [1.807, 2.05) is 24.3 Å².